The van der Waals surface area contributed by atoms with Gasteiger partial charge in [0, 0.05) is 17.1 Å². The van der Waals surface area contributed by atoms with Crippen molar-refractivity contribution < 1.29 is 14.7 Å². The summed E-state index contributed by atoms with van der Waals surface area (Å²) in [7, 11) is 0. The Labute approximate surface area is 116 Å². The third-order valence-electron chi connectivity index (χ3n) is 3.13. The zero-order chi connectivity index (χ0) is 14.0. The fourth-order valence-corrected chi connectivity index (χ4v) is 3.27. The lowest BCUT2D eigenvalue weighted by molar-refractivity contribution is -0.141. The Morgan fingerprint density at radius 2 is 2.05 bits per heavy atom. The van der Waals surface area contributed by atoms with Crippen molar-refractivity contribution in [2.45, 2.75) is 31.2 Å². The minimum absolute atomic E-state index is 0.112. The summed E-state index contributed by atoms with van der Waals surface area (Å²) in [5.41, 5.74) is 0.719. The molecule has 1 amide bonds. The van der Waals surface area contributed by atoms with Crippen molar-refractivity contribution >= 4 is 29.3 Å². The van der Waals surface area contributed by atoms with Crippen molar-refractivity contribution in [3.8, 4) is 0 Å². The van der Waals surface area contributed by atoms with Gasteiger partial charge in [-0.1, -0.05) is 26.0 Å². The number of carbonyl (C=O) groups excluding carboxylic acids is 1. The third-order valence-corrected chi connectivity index (χ3v) is 4.19. The highest BCUT2D eigenvalue weighted by molar-refractivity contribution is 7.99. The van der Waals surface area contributed by atoms with Crippen LogP contribution in [0, 0.1) is 5.92 Å². The van der Waals surface area contributed by atoms with Crippen LogP contribution >= 0.6 is 11.8 Å². The van der Waals surface area contributed by atoms with Crippen LogP contribution in [0.5, 0.6) is 0 Å². The fraction of sp³-hybridized carbons (Fsp3) is 0.429. The van der Waals surface area contributed by atoms with E-state index < -0.39 is 12.0 Å². The van der Waals surface area contributed by atoms with Gasteiger partial charge in [0.2, 0.25) is 5.91 Å². The van der Waals surface area contributed by atoms with Gasteiger partial charge in [0.15, 0.2) is 0 Å². The van der Waals surface area contributed by atoms with Gasteiger partial charge in [-0.3, -0.25) is 9.69 Å². The van der Waals surface area contributed by atoms with Crippen LogP contribution in [0.2, 0.25) is 0 Å². The Morgan fingerprint density at radius 1 is 1.37 bits per heavy atom. The van der Waals surface area contributed by atoms with Gasteiger partial charge in [-0.15, -0.1) is 11.8 Å². The number of para-hydroxylation sites is 1. The molecule has 19 heavy (non-hydrogen) atoms. The van der Waals surface area contributed by atoms with E-state index in [0.717, 1.165) is 10.6 Å². The topological polar surface area (TPSA) is 57.6 Å². The minimum Gasteiger partial charge on any atom is -0.480 e. The predicted octanol–water partition coefficient (Wildman–Crippen LogP) is 2.62. The second-order valence-corrected chi connectivity index (χ2v) is 5.99. The molecule has 0 aromatic heterocycles. The quantitative estimate of drug-likeness (QED) is 0.924. The van der Waals surface area contributed by atoms with Gasteiger partial charge in [-0.2, -0.15) is 0 Å². The molecule has 0 fully saturated rings. The van der Waals surface area contributed by atoms with Crippen LogP contribution in [0.3, 0.4) is 0 Å². The number of carboxylic acid groups (broad SMARTS) is 1. The second kappa shape index (κ2) is 5.65. The number of carboxylic acids is 1. The van der Waals surface area contributed by atoms with Gasteiger partial charge in [-0.25, -0.2) is 4.79 Å². The molecule has 102 valence electrons. The average molecular weight is 279 g/mol. The number of nitrogens with zero attached hydrogens (tertiary/aromatic N) is 1. The lowest BCUT2D eigenvalue weighted by Gasteiger charge is -2.31. The zero-order valence-electron chi connectivity index (χ0n) is 11.0. The molecule has 0 spiro atoms. The summed E-state index contributed by atoms with van der Waals surface area (Å²) in [6.45, 7) is 3.65. The van der Waals surface area contributed by atoms with Crippen LogP contribution < -0.4 is 4.90 Å². The molecule has 0 aliphatic carbocycles. The van der Waals surface area contributed by atoms with Gasteiger partial charge in [0.1, 0.15) is 6.04 Å². The van der Waals surface area contributed by atoms with Crippen LogP contribution in [-0.4, -0.2) is 28.8 Å². The number of rotatable bonds is 3. The monoisotopic (exact) mass is 279 g/mol. The minimum atomic E-state index is -0.954. The van der Waals surface area contributed by atoms with Gasteiger partial charge in [0.05, 0.1) is 5.69 Å². The molecule has 1 aromatic carbocycles. The van der Waals surface area contributed by atoms with Crippen molar-refractivity contribution in [1.29, 1.82) is 0 Å². The Morgan fingerprint density at radius 3 is 2.68 bits per heavy atom. The van der Waals surface area contributed by atoms with Gasteiger partial charge in [0.25, 0.3) is 0 Å². The maximum absolute atomic E-state index is 12.3. The van der Waals surface area contributed by atoms with E-state index in [2.05, 4.69) is 0 Å². The number of amides is 1. The van der Waals surface area contributed by atoms with Crippen LogP contribution in [0.25, 0.3) is 0 Å². The highest BCUT2D eigenvalue weighted by Gasteiger charge is 2.35. The Balaban J connectivity index is 2.51. The van der Waals surface area contributed by atoms with E-state index in [9.17, 15) is 14.7 Å². The molecule has 1 atom stereocenters. The van der Waals surface area contributed by atoms with Crippen molar-refractivity contribution in [2.24, 2.45) is 5.92 Å². The Bertz CT molecular complexity index is 501. The summed E-state index contributed by atoms with van der Waals surface area (Å²) in [4.78, 5) is 26.2. The van der Waals surface area contributed by atoms with E-state index in [-0.39, 0.29) is 11.8 Å². The summed E-state index contributed by atoms with van der Waals surface area (Å²) >= 11 is 1.60. The normalized spacial score (nSPS) is 17.0. The van der Waals surface area contributed by atoms with Gasteiger partial charge >= 0.3 is 5.97 Å². The molecule has 0 bridgehead atoms. The summed E-state index contributed by atoms with van der Waals surface area (Å²) < 4.78 is 0. The van der Waals surface area contributed by atoms with Crippen LogP contribution in [-0.2, 0) is 9.59 Å². The van der Waals surface area contributed by atoms with Crippen LogP contribution in [0.15, 0.2) is 29.2 Å². The first-order valence-corrected chi connectivity index (χ1v) is 7.27. The van der Waals surface area contributed by atoms with E-state index >= 15 is 0 Å². The lowest BCUT2D eigenvalue weighted by Crippen LogP contribution is -2.48. The third kappa shape index (κ3) is 2.76. The van der Waals surface area contributed by atoms with Crippen molar-refractivity contribution in [3.05, 3.63) is 24.3 Å². The number of fused-ring (bicyclic) bond motifs is 1. The summed E-state index contributed by atoms with van der Waals surface area (Å²) in [6.07, 6.45) is 0.371. The maximum atomic E-state index is 12.3. The number of anilines is 1. The SMILES string of the molecule is CC(C)C(C(=O)O)N1C(=O)CCSc2ccccc21. The smallest absolute Gasteiger partial charge is 0.327 e. The number of hydrogen-bond acceptors (Lipinski definition) is 3. The molecule has 1 unspecified atom stereocenters. The number of hydrogen-bond donors (Lipinski definition) is 1. The molecule has 5 heteroatoms. The molecular formula is C14H17NO3S. The Kier molecular flexibility index (Phi) is 4.14. The molecule has 0 radical (unpaired) electrons. The summed E-state index contributed by atoms with van der Waals surface area (Å²) in [5, 5.41) is 9.43. The second-order valence-electron chi connectivity index (χ2n) is 4.86. The zero-order valence-corrected chi connectivity index (χ0v) is 11.8. The lowest BCUT2D eigenvalue weighted by atomic mass is 10.0. The van der Waals surface area contributed by atoms with E-state index in [4.69, 9.17) is 0 Å². The first-order chi connectivity index (χ1) is 9.02. The number of benzene rings is 1. The molecule has 1 heterocycles. The Hall–Kier alpha value is -1.49. The van der Waals surface area contributed by atoms with E-state index in [1.807, 2.05) is 38.1 Å². The van der Waals surface area contributed by atoms with E-state index in [0.29, 0.717) is 12.2 Å². The summed E-state index contributed by atoms with van der Waals surface area (Å²) in [5.74, 6) is -0.516. The fourth-order valence-electron chi connectivity index (χ4n) is 2.28. The standard InChI is InChI=1S/C14H17NO3S/c1-9(2)13(14(17)18)15-10-5-3-4-6-11(10)19-8-7-12(15)16/h3-6,9,13H,7-8H2,1-2H3,(H,17,18). The highest BCUT2D eigenvalue weighted by Crippen LogP contribution is 2.36. The molecule has 1 aliphatic rings. The molecule has 4 nitrogen and oxygen atoms in total. The molecular weight excluding hydrogens is 262 g/mol. The largest absolute Gasteiger partial charge is 0.480 e. The molecule has 1 aliphatic heterocycles. The van der Waals surface area contributed by atoms with Crippen molar-refractivity contribution in [3.63, 3.8) is 0 Å². The molecule has 1 N–H and O–H groups in total. The van der Waals surface area contributed by atoms with Crippen LogP contribution in [0.4, 0.5) is 5.69 Å². The van der Waals surface area contributed by atoms with Crippen molar-refractivity contribution in [1.82, 2.24) is 0 Å². The highest BCUT2D eigenvalue weighted by atomic mass is 32.2. The molecule has 2 rings (SSSR count). The van der Waals surface area contributed by atoms with Gasteiger partial charge in [-0.05, 0) is 18.1 Å². The van der Waals surface area contributed by atoms with Gasteiger partial charge < -0.3 is 5.11 Å². The number of thioether (sulfide) groups is 1. The first kappa shape index (κ1) is 13.9. The van der Waals surface area contributed by atoms with Crippen molar-refractivity contribution in [2.75, 3.05) is 10.7 Å². The maximum Gasteiger partial charge on any atom is 0.327 e. The molecule has 1 aromatic rings. The number of aliphatic carboxylic acids is 1. The predicted molar refractivity (Wildman–Crippen MR) is 75.5 cm³/mol. The van der Waals surface area contributed by atoms with E-state index in [1.165, 1.54) is 4.90 Å². The number of carbonyl (C=O) groups is 2. The molecule has 0 saturated heterocycles. The summed E-state index contributed by atoms with van der Waals surface area (Å²) in [6, 6.07) is 6.69. The van der Waals surface area contributed by atoms with E-state index in [1.54, 1.807) is 11.8 Å². The molecule has 0 saturated carbocycles. The first-order valence-electron chi connectivity index (χ1n) is 6.29. The average Bonchev–Trinajstić information content (AvgIpc) is 2.49. The van der Waals surface area contributed by atoms with Crippen LogP contribution in [0.1, 0.15) is 20.3 Å².